The molecular weight excluding hydrogens is 358 g/mol. The second-order valence-corrected chi connectivity index (χ2v) is 7.13. The molecule has 0 unspecified atom stereocenters. The smallest absolute Gasteiger partial charge is 0.336 e. The van der Waals surface area contributed by atoms with Gasteiger partial charge in [0.05, 0.1) is 21.7 Å². The van der Waals surface area contributed by atoms with E-state index >= 15 is 0 Å². The minimum Gasteiger partial charge on any atom is -0.478 e. The third-order valence-electron chi connectivity index (χ3n) is 3.80. The Hall–Kier alpha value is -3.39. The molecule has 26 heavy (non-hydrogen) atoms. The molecule has 0 fully saturated rings. The number of aromatic carboxylic acids is 2. The molecule has 0 aliphatic heterocycles. The van der Waals surface area contributed by atoms with Gasteiger partial charge in [0.2, 0.25) is 0 Å². The summed E-state index contributed by atoms with van der Waals surface area (Å²) >= 11 is 0. The van der Waals surface area contributed by atoms with E-state index in [0.717, 1.165) is 23.6 Å². The number of carbonyl (C=O) groups is 2. The molecule has 0 radical (unpaired) electrons. The maximum absolute atomic E-state index is 12.6. The Morgan fingerprint density at radius 1 is 0.808 bits per heavy atom. The molecule has 0 heterocycles. The highest BCUT2D eigenvalue weighted by atomic mass is 32.2. The molecule has 0 saturated carbocycles. The largest absolute Gasteiger partial charge is 0.478 e. The summed E-state index contributed by atoms with van der Waals surface area (Å²) in [6.07, 6.45) is 0. The van der Waals surface area contributed by atoms with Crippen LogP contribution in [0.5, 0.6) is 0 Å². The molecule has 0 saturated heterocycles. The van der Waals surface area contributed by atoms with Crippen LogP contribution in [0.4, 0.5) is 5.69 Å². The van der Waals surface area contributed by atoms with Crippen LogP contribution in [0.3, 0.4) is 0 Å². The van der Waals surface area contributed by atoms with Crippen molar-refractivity contribution in [2.24, 2.45) is 0 Å². The van der Waals surface area contributed by atoms with Crippen LogP contribution in [-0.2, 0) is 10.0 Å². The van der Waals surface area contributed by atoms with Crippen molar-refractivity contribution in [3.8, 4) is 0 Å². The SMILES string of the molecule is O=C(O)c1ccc(S(=O)(=O)Nc2cccc3ccccc23)cc1C(=O)O. The number of hydrogen-bond donors (Lipinski definition) is 3. The number of sulfonamides is 1. The van der Waals surface area contributed by atoms with Gasteiger partial charge in [0.15, 0.2) is 0 Å². The molecule has 0 atom stereocenters. The van der Waals surface area contributed by atoms with Gasteiger partial charge in [-0.15, -0.1) is 0 Å². The molecule has 0 amide bonds. The van der Waals surface area contributed by atoms with E-state index in [9.17, 15) is 18.0 Å². The van der Waals surface area contributed by atoms with Gasteiger partial charge in [-0.25, -0.2) is 18.0 Å². The number of nitrogens with one attached hydrogen (secondary N) is 1. The zero-order valence-electron chi connectivity index (χ0n) is 13.2. The Balaban J connectivity index is 2.07. The fourth-order valence-electron chi connectivity index (χ4n) is 2.57. The number of hydrogen-bond acceptors (Lipinski definition) is 4. The predicted octanol–water partition coefficient (Wildman–Crippen LogP) is 3.04. The Kier molecular flexibility index (Phi) is 4.35. The summed E-state index contributed by atoms with van der Waals surface area (Å²) in [5, 5.41) is 19.7. The van der Waals surface area contributed by atoms with Gasteiger partial charge in [0.25, 0.3) is 10.0 Å². The van der Waals surface area contributed by atoms with Crippen LogP contribution in [0.2, 0.25) is 0 Å². The first-order valence-corrected chi connectivity index (χ1v) is 8.89. The quantitative estimate of drug-likeness (QED) is 0.634. The topological polar surface area (TPSA) is 121 Å². The molecule has 0 aliphatic rings. The Bertz CT molecular complexity index is 1130. The van der Waals surface area contributed by atoms with Crippen molar-refractivity contribution in [3.05, 3.63) is 71.8 Å². The molecule has 0 aliphatic carbocycles. The number of fused-ring (bicyclic) bond motifs is 1. The first-order valence-electron chi connectivity index (χ1n) is 7.41. The van der Waals surface area contributed by atoms with E-state index in [0.29, 0.717) is 11.1 Å². The molecule has 3 N–H and O–H groups in total. The monoisotopic (exact) mass is 371 g/mol. The highest BCUT2D eigenvalue weighted by molar-refractivity contribution is 7.92. The van der Waals surface area contributed by atoms with Gasteiger partial charge < -0.3 is 10.2 Å². The first kappa shape index (κ1) is 17.4. The van der Waals surface area contributed by atoms with Crippen LogP contribution in [0.25, 0.3) is 10.8 Å². The number of anilines is 1. The number of carboxylic acid groups (broad SMARTS) is 2. The Morgan fingerprint density at radius 2 is 1.46 bits per heavy atom. The standard InChI is InChI=1S/C18H13NO6S/c20-17(21)14-9-8-12(10-15(14)18(22)23)26(24,25)19-16-7-3-5-11-4-1-2-6-13(11)16/h1-10,19H,(H,20,21)(H,22,23). The molecule has 7 nitrogen and oxygen atoms in total. The maximum Gasteiger partial charge on any atom is 0.336 e. The summed E-state index contributed by atoms with van der Waals surface area (Å²) in [5.41, 5.74) is -0.748. The molecular formula is C18H13NO6S. The van der Waals surface area contributed by atoms with E-state index in [1.54, 1.807) is 24.3 Å². The van der Waals surface area contributed by atoms with Crippen molar-refractivity contribution in [2.45, 2.75) is 4.90 Å². The number of benzene rings is 3. The lowest BCUT2D eigenvalue weighted by Crippen LogP contribution is -2.16. The van der Waals surface area contributed by atoms with E-state index < -0.39 is 33.1 Å². The van der Waals surface area contributed by atoms with Gasteiger partial charge in [-0.2, -0.15) is 0 Å². The normalized spacial score (nSPS) is 11.2. The first-order chi connectivity index (χ1) is 12.3. The molecule has 3 rings (SSSR count). The summed E-state index contributed by atoms with van der Waals surface area (Å²) < 4.78 is 27.7. The Morgan fingerprint density at radius 3 is 2.15 bits per heavy atom. The van der Waals surface area contributed by atoms with Crippen molar-refractivity contribution in [3.63, 3.8) is 0 Å². The third-order valence-corrected chi connectivity index (χ3v) is 5.16. The lowest BCUT2D eigenvalue weighted by Gasteiger charge is -2.12. The Labute approximate surface area is 148 Å². The summed E-state index contributed by atoms with van der Waals surface area (Å²) in [6, 6.07) is 15.1. The van der Waals surface area contributed by atoms with E-state index in [-0.39, 0.29) is 4.90 Å². The molecule has 0 aromatic heterocycles. The van der Waals surface area contributed by atoms with E-state index in [2.05, 4.69) is 4.72 Å². The molecule has 0 bridgehead atoms. The van der Waals surface area contributed by atoms with Crippen LogP contribution >= 0.6 is 0 Å². The zero-order valence-corrected chi connectivity index (χ0v) is 14.0. The molecule has 0 spiro atoms. The van der Waals surface area contributed by atoms with E-state index in [1.807, 2.05) is 18.2 Å². The highest BCUT2D eigenvalue weighted by Crippen LogP contribution is 2.26. The van der Waals surface area contributed by atoms with Crippen molar-refractivity contribution in [2.75, 3.05) is 4.72 Å². The molecule has 132 valence electrons. The van der Waals surface area contributed by atoms with Gasteiger partial charge in [0.1, 0.15) is 0 Å². The average molecular weight is 371 g/mol. The maximum atomic E-state index is 12.6. The minimum atomic E-state index is -4.11. The summed E-state index contributed by atoms with van der Waals surface area (Å²) in [6.45, 7) is 0. The minimum absolute atomic E-state index is 0.335. The van der Waals surface area contributed by atoms with Crippen molar-refractivity contribution in [1.29, 1.82) is 0 Å². The van der Waals surface area contributed by atoms with Crippen LogP contribution in [0.15, 0.2) is 65.6 Å². The van der Waals surface area contributed by atoms with E-state index in [4.69, 9.17) is 10.2 Å². The zero-order chi connectivity index (χ0) is 18.9. The van der Waals surface area contributed by atoms with Crippen LogP contribution < -0.4 is 4.72 Å². The fraction of sp³-hybridized carbons (Fsp3) is 0. The van der Waals surface area contributed by atoms with Gasteiger partial charge in [-0.1, -0.05) is 36.4 Å². The summed E-state index contributed by atoms with van der Waals surface area (Å²) in [4.78, 5) is 22.0. The van der Waals surface area contributed by atoms with Gasteiger partial charge in [-0.3, -0.25) is 4.72 Å². The average Bonchev–Trinajstić information content (AvgIpc) is 2.61. The molecule has 8 heteroatoms. The number of carboxylic acids is 2. The van der Waals surface area contributed by atoms with Gasteiger partial charge in [-0.05, 0) is 29.7 Å². The molecule has 3 aromatic rings. The highest BCUT2D eigenvalue weighted by Gasteiger charge is 2.22. The fourth-order valence-corrected chi connectivity index (χ4v) is 3.68. The van der Waals surface area contributed by atoms with E-state index in [1.165, 1.54) is 0 Å². The lowest BCUT2D eigenvalue weighted by atomic mass is 10.1. The van der Waals surface area contributed by atoms with Crippen LogP contribution in [0.1, 0.15) is 20.7 Å². The third kappa shape index (κ3) is 3.22. The molecule has 3 aromatic carbocycles. The lowest BCUT2D eigenvalue weighted by molar-refractivity contribution is 0.0651. The van der Waals surface area contributed by atoms with Crippen LogP contribution in [0, 0.1) is 0 Å². The summed E-state index contributed by atoms with van der Waals surface area (Å²) in [5.74, 6) is -2.97. The predicted molar refractivity (Wildman–Crippen MR) is 95.1 cm³/mol. The second kappa shape index (κ2) is 6.49. The van der Waals surface area contributed by atoms with Gasteiger partial charge >= 0.3 is 11.9 Å². The van der Waals surface area contributed by atoms with Crippen LogP contribution in [-0.4, -0.2) is 30.6 Å². The second-order valence-electron chi connectivity index (χ2n) is 5.45. The number of rotatable bonds is 5. The summed E-state index contributed by atoms with van der Waals surface area (Å²) in [7, 11) is -4.11. The van der Waals surface area contributed by atoms with Crippen molar-refractivity contribution < 1.29 is 28.2 Å². The van der Waals surface area contributed by atoms with Crippen molar-refractivity contribution in [1.82, 2.24) is 0 Å². The van der Waals surface area contributed by atoms with Crippen molar-refractivity contribution >= 4 is 38.4 Å². The van der Waals surface area contributed by atoms with Gasteiger partial charge in [0, 0.05) is 5.39 Å².